The van der Waals surface area contributed by atoms with Crippen molar-refractivity contribution in [1.29, 1.82) is 0 Å². The predicted octanol–water partition coefficient (Wildman–Crippen LogP) is 1.71. The van der Waals surface area contributed by atoms with Crippen LogP contribution in [0.4, 0.5) is 0 Å². The Balaban J connectivity index is 2.69. The first-order valence-electron chi connectivity index (χ1n) is 4.30. The third-order valence-corrected chi connectivity index (χ3v) is 2.12. The van der Waals surface area contributed by atoms with Crippen LogP contribution in [0.25, 0.3) is 0 Å². The molecule has 0 spiro atoms. The lowest BCUT2D eigenvalue weighted by molar-refractivity contribution is 0.289. The monoisotopic (exact) mass is 174 g/mol. The molecule has 1 aromatic heterocycles. The first-order valence-corrected chi connectivity index (χ1v) is 4.30. The molecule has 1 rings (SSSR count). The van der Waals surface area contributed by atoms with E-state index in [2.05, 4.69) is 22.7 Å². The SMILES string of the molecule is C#CCN(C)C(C)c1ccccn1. The van der Waals surface area contributed by atoms with E-state index in [-0.39, 0.29) is 6.04 Å². The number of rotatable bonds is 3. The standard InChI is InChI=1S/C11H14N2/c1-4-9-13(3)10(2)11-7-5-6-8-12-11/h1,5-8,10H,9H2,2-3H3. The summed E-state index contributed by atoms with van der Waals surface area (Å²) < 4.78 is 0. The third-order valence-electron chi connectivity index (χ3n) is 2.12. The second kappa shape index (κ2) is 4.64. The first kappa shape index (κ1) is 9.76. The molecular formula is C11H14N2. The molecule has 1 aromatic rings. The zero-order valence-corrected chi connectivity index (χ0v) is 8.07. The molecule has 0 aliphatic rings. The number of nitrogens with zero attached hydrogens (tertiary/aromatic N) is 2. The maximum Gasteiger partial charge on any atom is 0.0601 e. The summed E-state index contributed by atoms with van der Waals surface area (Å²) in [7, 11) is 2.00. The summed E-state index contributed by atoms with van der Waals surface area (Å²) in [5.41, 5.74) is 1.06. The van der Waals surface area contributed by atoms with E-state index in [1.54, 1.807) is 6.20 Å². The summed E-state index contributed by atoms with van der Waals surface area (Å²) >= 11 is 0. The molecule has 1 atom stereocenters. The molecule has 1 unspecified atom stereocenters. The van der Waals surface area contributed by atoms with Gasteiger partial charge in [0.1, 0.15) is 0 Å². The lowest BCUT2D eigenvalue weighted by Crippen LogP contribution is -2.23. The fraction of sp³-hybridized carbons (Fsp3) is 0.364. The van der Waals surface area contributed by atoms with Crippen LogP contribution in [0.2, 0.25) is 0 Å². The summed E-state index contributed by atoms with van der Waals surface area (Å²) in [4.78, 5) is 6.36. The molecule has 0 aliphatic heterocycles. The van der Waals surface area contributed by atoms with Crippen LogP contribution in [-0.2, 0) is 0 Å². The van der Waals surface area contributed by atoms with E-state index in [0.29, 0.717) is 6.54 Å². The maximum absolute atomic E-state index is 5.23. The first-order chi connectivity index (χ1) is 6.25. The van der Waals surface area contributed by atoms with Crippen LogP contribution in [0.5, 0.6) is 0 Å². The Morgan fingerprint density at radius 3 is 2.92 bits per heavy atom. The van der Waals surface area contributed by atoms with Crippen molar-refractivity contribution in [2.45, 2.75) is 13.0 Å². The van der Waals surface area contributed by atoms with Crippen LogP contribution in [0.15, 0.2) is 24.4 Å². The average Bonchev–Trinajstić information content (AvgIpc) is 2.18. The molecule has 0 saturated carbocycles. The summed E-state index contributed by atoms with van der Waals surface area (Å²) in [5.74, 6) is 2.62. The zero-order chi connectivity index (χ0) is 9.68. The molecule has 1 heterocycles. The topological polar surface area (TPSA) is 16.1 Å². The summed E-state index contributed by atoms with van der Waals surface area (Å²) in [6.07, 6.45) is 7.03. The molecule has 0 fully saturated rings. The van der Waals surface area contributed by atoms with Gasteiger partial charge in [-0.05, 0) is 26.1 Å². The molecule has 2 heteroatoms. The Morgan fingerprint density at radius 2 is 2.38 bits per heavy atom. The Morgan fingerprint density at radius 1 is 1.62 bits per heavy atom. The molecule has 0 amide bonds. The highest BCUT2D eigenvalue weighted by Gasteiger charge is 2.10. The minimum Gasteiger partial charge on any atom is -0.287 e. The highest BCUT2D eigenvalue weighted by atomic mass is 15.1. The van der Waals surface area contributed by atoms with Crippen LogP contribution >= 0.6 is 0 Å². The number of aromatic nitrogens is 1. The van der Waals surface area contributed by atoms with Gasteiger partial charge >= 0.3 is 0 Å². The highest BCUT2D eigenvalue weighted by molar-refractivity contribution is 5.08. The zero-order valence-electron chi connectivity index (χ0n) is 8.07. The minimum atomic E-state index is 0.275. The van der Waals surface area contributed by atoms with Gasteiger partial charge in [0.25, 0.3) is 0 Å². The predicted molar refractivity (Wildman–Crippen MR) is 54.1 cm³/mol. The molecular weight excluding hydrogens is 160 g/mol. The van der Waals surface area contributed by atoms with Crippen molar-refractivity contribution in [3.8, 4) is 12.3 Å². The van der Waals surface area contributed by atoms with E-state index < -0.39 is 0 Å². The maximum atomic E-state index is 5.23. The summed E-state index contributed by atoms with van der Waals surface area (Å²) in [6.45, 7) is 2.75. The minimum absolute atomic E-state index is 0.275. The van der Waals surface area contributed by atoms with Gasteiger partial charge in [-0.15, -0.1) is 6.42 Å². The third kappa shape index (κ3) is 2.57. The Bertz CT molecular complexity index is 287. The van der Waals surface area contributed by atoms with Crippen LogP contribution in [0.1, 0.15) is 18.7 Å². The normalized spacial score (nSPS) is 12.5. The van der Waals surface area contributed by atoms with Crippen molar-refractivity contribution >= 4 is 0 Å². The van der Waals surface area contributed by atoms with Gasteiger partial charge in [0.2, 0.25) is 0 Å². The van der Waals surface area contributed by atoms with Gasteiger partial charge in [-0.3, -0.25) is 9.88 Å². The van der Waals surface area contributed by atoms with Crippen molar-refractivity contribution in [1.82, 2.24) is 9.88 Å². The van der Waals surface area contributed by atoms with Gasteiger partial charge in [-0.1, -0.05) is 12.0 Å². The Labute approximate surface area is 79.6 Å². The molecule has 0 bridgehead atoms. The van der Waals surface area contributed by atoms with Gasteiger partial charge in [-0.25, -0.2) is 0 Å². The lowest BCUT2D eigenvalue weighted by atomic mass is 10.2. The molecule has 0 N–H and O–H groups in total. The highest BCUT2D eigenvalue weighted by Crippen LogP contribution is 2.14. The van der Waals surface area contributed by atoms with Crippen molar-refractivity contribution in [2.75, 3.05) is 13.6 Å². The average molecular weight is 174 g/mol. The van der Waals surface area contributed by atoms with Crippen LogP contribution in [0, 0.1) is 12.3 Å². The van der Waals surface area contributed by atoms with E-state index in [1.165, 1.54) is 0 Å². The number of hydrogen-bond acceptors (Lipinski definition) is 2. The fourth-order valence-corrected chi connectivity index (χ4v) is 1.13. The van der Waals surface area contributed by atoms with E-state index in [9.17, 15) is 0 Å². The van der Waals surface area contributed by atoms with E-state index in [0.717, 1.165) is 5.69 Å². The van der Waals surface area contributed by atoms with Crippen molar-refractivity contribution in [2.24, 2.45) is 0 Å². The Hall–Kier alpha value is -1.33. The van der Waals surface area contributed by atoms with Crippen LogP contribution in [0.3, 0.4) is 0 Å². The number of hydrogen-bond donors (Lipinski definition) is 0. The fourth-order valence-electron chi connectivity index (χ4n) is 1.13. The van der Waals surface area contributed by atoms with Crippen LogP contribution < -0.4 is 0 Å². The molecule has 0 aliphatic carbocycles. The van der Waals surface area contributed by atoms with Crippen molar-refractivity contribution in [3.05, 3.63) is 30.1 Å². The second-order valence-corrected chi connectivity index (χ2v) is 3.05. The molecule has 2 nitrogen and oxygen atoms in total. The van der Waals surface area contributed by atoms with Gasteiger partial charge < -0.3 is 0 Å². The summed E-state index contributed by atoms with van der Waals surface area (Å²) in [5, 5.41) is 0. The van der Waals surface area contributed by atoms with Gasteiger partial charge in [0.05, 0.1) is 12.2 Å². The lowest BCUT2D eigenvalue weighted by Gasteiger charge is -2.21. The molecule has 0 aromatic carbocycles. The van der Waals surface area contributed by atoms with E-state index in [4.69, 9.17) is 6.42 Å². The molecule has 0 saturated heterocycles. The quantitative estimate of drug-likeness (QED) is 0.648. The number of terminal acetylenes is 1. The Kier molecular flexibility index (Phi) is 3.48. The smallest absolute Gasteiger partial charge is 0.0601 e. The van der Waals surface area contributed by atoms with Crippen molar-refractivity contribution < 1.29 is 0 Å². The van der Waals surface area contributed by atoms with E-state index >= 15 is 0 Å². The van der Waals surface area contributed by atoms with Gasteiger partial charge in [0, 0.05) is 12.2 Å². The molecule has 68 valence electrons. The van der Waals surface area contributed by atoms with Gasteiger partial charge in [0.15, 0.2) is 0 Å². The van der Waals surface area contributed by atoms with Gasteiger partial charge in [-0.2, -0.15) is 0 Å². The summed E-state index contributed by atoms with van der Waals surface area (Å²) in [6, 6.07) is 6.19. The van der Waals surface area contributed by atoms with Crippen LogP contribution in [-0.4, -0.2) is 23.5 Å². The largest absolute Gasteiger partial charge is 0.287 e. The number of pyridine rings is 1. The molecule has 13 heavy (non-hydrogen) atoms. The molecule has 0 radical (unpaired) electrons. The van der Waals surface area contributed by atoms with E-state index in [1.807, 2.05) is 25.2 Å². The van der Waals surface area contributed by atoms with Crippen molar-refractivity contribution in [3.63, 3.8) is 0 Å². The second-order valence-electron chi connectivity index (χ2n) is 3.05.